The smallest absolute Gasteiger partial charge is 0.302 e. The van der Waals surface area contributed by atoms with Gasteiger partial charge in [-0.3, -0.25) is 9.59 Å². The Labute approximate surface area is 300 Å². The monoisotopic (exact) mass is 679 g/mol. The van der Waals surface area contributed by atoms with E-state index in [1.165, 1.54) is 37.7 Å². The van der Waals surface area contributed by atoms with Gasteiger partial charge in [-0.25, -0.2) is 4.98 Å². The normalized spacial score (nSPS) is 40.3. The van der Waals surface area contributed by atoms with E-state index in [2.05, 4.69) is 76.1 Å². The molecule has 6 aliphatic carbocycles. The number of rotatable bonds is 6. The Bertz CT molecular complexity index is 1670. The predicted molar refractivity (Wildman–Crippen MR) is 198 cm³/mol. The summed E-state index contributed by atoms with van der Waals surface area (Å²) in [7, 11) is 0. The van der Waals surface area contributed by atoms with Crippen LogP contribution < -0.4 is 5.32 Å². The van der Waals surface area contributed by atoms with Crippen LogP contribution in [-0.4, -0.2) is 27.9 Å². The number of nitrogens with zero attached hydrogens (tertiary/aromatic N) is 1. The first-order valence-corrected chi connectivity index (χ1v) is 19.9. The molecule has 6 fully saturated rings. The number of benzene rings is 1. The number of carbonyl (C=O) groups is 2. The number of allylic oxidation sites excluding steroid dienone is 1. The molecule has 10 atom stereocenters. The molecule has 10 unspecified atom stereocenters. The second kappa shape index (κ2) is 11.6. The van der Waals surface area contributed by atoms with Crippen molar-refractivity contribution in [3.8, 4) is 11.3 Å². The second-order valence-corrected chi connectivity index (χ2v) is 19.0. The minimum Gasteiger partial charge on any atom is -0.463 e. The number of amides is 1. The highest BCUT2D eigenvalue weighted by Gasteiger charge is 2.79. The third-order valence-electron chi connectivity index (χ3n) is 17.2. The number of H-pyrrole nitrogens is 1. The number of hydrogen-bond acceptors (Lipinski definition) is 4. The highest BCUT2D eigenvalue weighted by atomic mass is 16.5. The number of aromatic nitrogens is 2. The Morgan fingerprint density at radius 2 is 1.46 bits per heavy atom. The number of esters is 1. The first kappa shape index (κ1) is 34.2. The summed E-state index contributed by atoms with van der Waals surface area (Å²) in [5.74, 6) is 5.36. The maximum absolute atomic E-state index is 15.6. The lowest BCUT2D eigenvalue weighted by molar-refractivity contribution is -0.164. The molecular formula is C44H61N3O3. The number of fused-ring (bicyclic) bond motifs is 7. The number of ether oxygens (including phenoxy) is 1. The van der Waals surface area contributed by atoms with Gasteiger partial charge in [0, 0.05) is 6.92 Å². The number of nitrogens with one attached hydrogen (secondary N) is 2. The second-order valence-electron chi connectivity index (χ2n) is 19.0. The van der Waals surface area contributed by atoms with E-state index >= 15 is 4.79 Å². The summed E-state index contributed by atoms with van der Waals surface area (Å²) in [6, 6.07) is 10.4. The van der Waals surface area contributed by atoms with Crippen LogP contribution in [0.25, 0.3) is 11.3 Å². The fourth-order valence-corrected chi connectivity index (χ4v) is 13.8. The molecule has 0 spiro atoms. The Balaban J connectivity index is 1.12. The van der Waals surface area contributed by atoms with Crippen molar-refractivity contribution in [2.45, 2.75) is 131 Å². The maximum Gasteiger partial charge on any atom is 0.302 e. The van der Waals surface area contributed by atoms with E-state index in [1.54, 1.807) is 6.92 Å². The van der Waals surface area contributed by atoms with Crippen LogP contribution in [-0.2, 0) is 19.9 Å². The number of hydrogen-bond donors (Lipinski definition) is 2. The van der Waals surface area contributed by atoms with Gasteiger partial charge in [-0.1, -0.05) is 77.1 Å². The van der Waals surface area contributed by atoms with Crippen molar-refractivity contribution in [1.82, 2.24) is 15.3 Å². The van der Waals surface area contributed by atoms with Gasteiger partial charge < -0.3 is 15.0 Å². The molecule has 1 amide bonds. The molecule has 1 aromatic heterocycles. The van der Waals surface area contributed by atoms with Crippen molar-refractivity contribution in [3.63, 3.8) is 0 Å². The molecular weight excluding hydrogens is 619 g/mol. The van der Waals surface area contributed by atoms with Gasteiger partial charge in [0.1, 0.15) is 11.9 Å². The molecule has 6 heteroatoms. The number of aromatic amines is 1. The highest BCUT2D eigenvalue weighted by molar-refractivity contribution is 5.86. The van der Waals surface area contributed by atoms with Gasteiger partial charge in [0.2, 0.25) is 5.91 Å². The van der Waals surface area contributed by atoms with Gasteiger partial charge in [-0.2, -0.15) is 0 Å². The first-order valence-electron chi connectivity index (χ1n) is 19.9. The van der Waals surface area contributed by atoms with Crippen molar-refractivity contribution in [2.24, 2.45) is 63.1 Å². The Hall–Kier alpha value is -2.89. The van der Waals surface area contributed by atoms with Gasteiger partial charge >= 0.3 is 5.97 Å². The van der Waals surface area contributed by atoms with Crippen LogP contribution in [0.5, 0.6) is 0 Å². The third kappa shape index (κ3) is 4.60. The summed E-state index contributed by atoms with van der Waals surface area (Å²) in [6.07, 6.45) is 14.2. The lowest BCUT2D eigenvalue weighted by atomic mass is 9.43. The predicted octanol–water partition coefficient (Wildman–Crippen LogP) is 9.63. The molecule has 6 aliphatic rings. The molecule has 8 rings (SSSR count). The topological polar surface area (TPSA) is 84.1 Å². The number of carbonyl (C=O) groups excluding carboxylic acids is 2. The van der Waals surface area contributed by atoms with Gasteiger partial charge in [0.25, 0.3) is 0 Å². The van der Waals surface area contributed by atoms with Crippen molar-refractivity contribution >= 4 is 11.9 Å². The van der Waals surface area contributed by atoms with Crippen LogP contribution >= 0.6 is 0 Å². The van der Waals surface area contributed by atoms with Gasteiger partial charge in [0.05, 0.1) is 22.8 Å². The summed E-state index contributed by atoms with van der Waals surface area (Å²) < 4.78 is 5.72. The van der Waals surface area contributed by atoms with Crippen LogP contribution in [0.1, 0.15) is 125 Å². The quantitative estimate of drug-likeness (QED) is 0.235. The van der Waals surface area contributed by atoms with Crippen LogP contribution in [0, 0.1) is 63.1 Å². The summed E-state index contributed by atoms with van der Waals surface area (Å²) in [4.78, 5) is 35.8. The molecule has 0 radical (unpaired) electrons. The van der Waals surface area contributed by atoms with Crippen molar-refractivity contribution in [3.05, 3.63) is 54.5 Å². The SMILES string of the molecule is C=C(C)C1(C)C2C3CCC4C5CCC(OC(C)=O)CC5CCC4C3CCC2(C(=O)NC2(c3ncc(-c4ccccc4)[nH]3)CC2)C(C)(C)C1(C)C. The molecule has 1 aromatic carbocycles. The van der Waals surface area contributed by atoms with E-state index in [-0.39, 0.29) is 40.1 Å². The molecule has 0 aliphatic heterocycles. The fourth-order valence-electron chi connectivity index (χ4n) is 13.8. The van der Waals surface area contributed by atoms with Crippen LogP contribution in [0.3, 0.4) is 0 Å². The standard InChI is InChI=1S/C44H61N3O3/c1-26(2)42(8)37-35-19-18-32-31-17-15-30(50-27(3)48)24-29(31)14-16-33(32)34(35)20-21-44(37,41(6,7)40(42,4)5)39(49)47-43(22-23-43)38-45-25-36(46-38)28-12-10-9-11-13-28/h9-13,25,29-35,37H,1,14-24H2,2-8H3,(H,45,46)(H,47,49). The molecule has 0 saturated heterocycles. The van der Waals surface area contributed by atoms with E-state index in [4.69, 9.17) is 16.3 Å². The summed E-state index contributed by atoms with van der Waals surface area (Å²) >= 11 is 0. The molecule has 2 aromatic rings. The Morgan fingerprint density at radius 1 is 0.820 bits per heavy atom. The summed E-state index contributed by atoms with van der Waals surface area (Å²) in [5, 5.41) is 3.76. The van der Waals surface area contributed by atoms with E-state index in [9.17, 15) is 4.79 Å². The molecule has 0 bridgehead atoms. The Kier molecular flexibility index (Phi) is 7.91. The maximum atomic E-state index is 15.6. The van der Waals surface area contributed by atoms with Crippen molar-refractivity contribution in [2.75, 3.05) is 0 Å². The van der Waals surface area contributed by atoms with E-state index < -0.39 is 11.0 Å². The largest absolute Gasteiger partial charge is 0.463 e. The average Bonchev–Trinajstić information content (AvgIpc) is 3.65. The van der Waals surface area contributed by atoms with Gasteiger partial charge in [0.15, 0.2) is 0 Å². The zero-order valence-corrected chi connectivity index (χ0v) is 31.7. The molecule has 1 heterocycles. The average molecular weight is 680 g/mol. The molecule has 6 saturated carbocycles. The first-order chi connectivity index (χ1) is 23.7. The third-order valence-corrected chi connectivity index (χ3v) is 17.2. The lowest BCUT2D eigenvalue weighted by Gasteiger charge is -2.61. The highest BCUT2D eigenvalue weighted by Crippen LogP contribution is 2.81. The van der Waals surface area contributed by atoms with Crippen molar-refractivity contribution < 1.29 is 14.3 Å². The lowest BCUT2D eigenvalue weighted by Crippen LogP contribution is -2.61. The van der Waals surface area contributed by atoms with E-state index in [0.29, 0.717) is 17.8 Å². The number of imidazole rings is 1. The van der Waals surface area contributed by atoms with Crippen LogP contribution in [0.15, 0.2) is 48.7 Å². The summed E-state index contributed by atoms with van der Waals surface area (Å²) in [5.41, 5.74) is 1.88. The molecule has 50 heavy (non-hydrogen) atoms. The summed E-state index contributed by atoms with van der Waals surface area (Å²) in [6.45, 7) is 20.8. The van der Waals surface area contributed by atoms with E-state index in [0.717, 1.165) is 73.4 Å². The zero-order valence-electron chi connectivity index (χ0n) is 31.7. The minimum atomic E-state index is -0.498. The van der Waals surface area contributed by atoms with Crippen LogP contribution in [0.2, 0.25) is 0 Å². The van der Waals surface area contributed by atoms with E-state index in [1.807, 2.05) is 12.3 Å². The fraction of sp³-hybridized carbons (Fsp3) is 0.705. The molecule has 6 nitrogen and oxygen atoms in total. The minimum absolute atomic E-state index is 0.107. The van der Waals surface area contributed by atoms with Gasteiger partial charge in [-0.05, 0) is 141 Å². The van der Waals surface area contributed by atoms with Gasteiger partial charge in [-0.15, -0.1) is 0 Å². The van der Waals surface area contributed by atoms with Crippen molar-refractivity contribution in [1.29, 1.82) is 0 Å². The van der Waals surface area contributed by atoms with Crippen LogP contribution in [0.4, 0.5) is 0 Å². The molecule has 270 valence electrons. The zero-order chi connectivity index (χ0) is 35.4. The Morgan fingerprint density at radius 3 is 2.14 bits per heavy atom. The molecule has 2 N–H and O–H groups in total.